The molecule has 3 heterocycles. The van der Waals surface area contributed by atoms with Crippen LogP contribution in [0.15, 0.2) is 22.6 Å². The fourth-order valence-corrected chi connectivity index (χ4v) is 3.94. The lowest BCUT2D eigenvalue weighted by Gasteiger charge is -2.33. The topological polar surface area (TPSA) is 63.3 Å². The molecule has 1 fully saturated rings. The summed E-state index contributed by atoms with van der Waals surface area (Å²) in [5, 5.41) is 7.18. The molecule has 7 heteroatoms. The maximum atomic E-state index is 12.4. The third kappa shape index (κ3) is 3.79. The van der Waals surface area contributed by atoms with E-state index in [9.17, 15) is 4.79 Å². The molecule has 1 amide bonds. The zero-order chi connectivity index (χ0) is 16.4. The Morgan fingerprint density at radius 2 is 2.30 bits per heavy atom. The average Bonchev–Trinajstić information content (AvgIpc) is 3.05. The van der Waals surface area contributed by atoms with Gasteiger partial charge in [0.1, 0.15) is 17.3 Å². The van der Waals surface area contributed by atoms with Gasteiger partial charge in [0.05, 0.1) is 18.3 Å². The van der Waals surface area contributed by atoms with Crippen molar-refractivity contribution in [1.82, 2.24) is 14.7 Å². The third-order valence-corrected chi connectivity index (χ3v) is 4.97. The van der Waals surface area contributed by atoms with Crippen molar-refractivity contribution >= 4 is 23.5 Å². The van der Waals surface area contributed by atoms with Crippen LogP contribution in [-0.2, 0) is 11.8 Å². The quantitative estimate of drug-likeness (QED) is 0.930. The van der Waals surface area contributed by atoms with Gasteiger partial charge >= 0.3 is 0 Å². The molecule has 0 bridgehead atoms. The molecule has 2 aromatic rings. The van der Waals surface area contributed by atoms with E-state index < -0.39 is 0 Å². The number of rotatable bonds is 4. The molecule has 1 aliphatic heterocycles. The lowest BCUT2D eigenvalue weighted by molar-refractivity contribution is -0.117. The summed E-state index contributed by atoms with van der Waals surface area (Å²) >= 11 is 1.90. The van der Waals surface area contributed by atoms with Crippen LogP contribution >= 0.6 is 11.8 Å². The molecule has 3 rings (SSSR count). The number of thioether (sulfide) groups is 1. The van der Waals surface area contributed by atoms with Crippen molar-refractivity contribution in [3.05, 3.63) is 35.4 Å². The Kier molecular flexibility index (Phi) is 4.77. The van der Waals surface area contributed by atoms with Gasteiger partial charge in [-0.3, -0.25) is 14.4 Å². The number of anilines is 1. The number of nitrogens with zero attached hydrogens (tertiary/aromatic N) is 3. The van der Waals surface area contributed by atoms with Gasteiger partial charge in [-0.1, -0.05) is 0 Å². The number of aromatic nitrogens is 2. The minimum absolute atomic E-state index is 0.0202. The van der Waals surface area contributed by atoms with E-state index in [1.807, 2.05) is 50.9 Å². The average molecular weight is 334 g/mol. The van der Waals surface area contributed by atoms with Gasteiger partial charge in [0.25, 0.3) is 0 Å². The first-order valence-electron chi connectivity index (χ1n) is 7.71. The van der Waals surface area contributed by atoms with E-state index in [-0.39, 0.29) is 11.9 Å². The summed E-state index contributed by atoms with van der Waals surface area (Å²) in [6.07, 6.45) is 0. The van der Waals surface area contributed by atoms with Crippen molar-refractivity contribution in [2.45, 2.75) is 19.9 Å². The molecular weight excluding hydrogens is 312 g/mol. The van der Waals surface area contributed by atoms with E-state index >= 15 is 0 Å². The molecule has 0 aromatic carbocycles. The van der Waals surface area contributed by atoms with Gasteiger partial charge in [-0.05, 0) is 26.0 Å². The highest BCUT2D eigenvalue weighted by atomic mass is 32.2. The van der Waals surface area contributed by atoms with E-state index in [4.69, 9.17) is 4.42 Å². The van der Waals surface area contributed by atoms with Gasteiger partial charge in [-0.2, -0.15) is 16.9 Å². The van der Waals surface area contributed by atoms with Gasteiger partial charge < -0.3 is 9.73 Å². The van der Waals surface area contributed by atoms with Crippen LogP contribution in [0, 0.1) is 13.8 Å². The number of carbonyl (C=O) groups excluding carboxylic acids is 1. The van der Waals surface area contributed by atoms with Crippen molar-refractivity contribution in [1.29, 1.82) is 0 Å². The molecule has 6 nitrogen and oxygen atoms in total. The standard InChI is InChI=1S/C16H22N4O2S/c1-11-8-15(19(3)18-11)17-16(21)9-20-6-7-23-10-13(20)14-5-4-12(2)22-14/h4-5,8,13H,6-7,9-10H2,1-3H3,(H,17,21)/t13-/m1/s1. The Morgan fingerprint density at radius 3 is 2.96 bits per heavy atom. The number of aryl methyl sites for hydroxylation is 3. The predicted octanol–water partition coefficient (Wildman–Crippen LogP) is 2.36. The maximum Gasteiger partial charge on any atom is 0.239 e. The van der Waals surface area contributed by atoms with E-state index in [0.29, 0.717) is 6.54 Å². The molecule has 2 aromatic heterocycles. The summed E-state index contributed by atoms with van der Waals surface area (Å²) in [4.78, 5) is 14.6. The number of carbonyl (C=O) groups is 1. The second kappa shape index (κ2) is 6.80. The van der Waals surface area contributed by atoms with E-state index in [2.05, 4.69) is 15.3 Å². The second-order valence-corrected chi connectivity index (χ2v) is 7.00. The Hall–Kier alpha value is -1.73. The molecule has 124 valence electrons. The highest BCUT2D eigenvalue weighted by molar-refractivity contribution is 7.99. The Balaban J connectivity index is 1.67. The minimum Gasteiger partial charge on any atom is -0.465 e. The Morgan fingerprint density at radius 1 is 1.48 bits per heavy atom. The lowest BCUT2D eigenvalue weighted by Crippen LogP contribution is -2.41. The van der Waals surface area contributed by atoms with Gasteiger partial charge in [-0.15, -0.1) is 0 Å². The van der Waals surface area contributed by atoms with E-state index in [1.165, 1.54) is 0 Å². The normalized spacial score (nSPS) is 19.0. The number of hydrogen-bond donors (Lipinski definition) is 1. The lowest BCUT2D eigenvalue weighted by atomic mass is 10.2. The molecule has 1 aliphatic rings. The summed E-state index contributed by atoms with van der Waals surface area (Å²) in [6, 6.07) is 6.02. The first-order chi connectivity index (χ1) is 11.0. The molecule has 1 atom stereocenters. The van der Waals surface area contributed by atoms with Crippen LogP contribution in [0.25, 0.3) is 0 Å². The predicted molar refractivity (Wildman–Crippen MR) is 91.7 cm³/mol. The van der Waals surface area contributed by atoms with Crippen LogP contribution in [0.2, 0.25) is 0 Å². The zero-order valence-electron chi connectivity index (χ0n) is 13.7. The van der Waals surface area contributed by atoms with Crippen molar-refractivity contribution < 1.29 is 9.21 Å². The van der Waals surface area contributed by atoms with Crippen molar-refractivity contribution in [3.63, 3.8) is 0 Å². The number of nitrogens with one attached hydrogen (secondary N) is 1. The van der Waals surface area contributed by atoms with Gasteiger partial charge in [-0.25, -0.2) is 0 Å². The molecule has 0 unspecified atom stereocenters. The van der Waals surface area contributed by atoms with E-state index in [0.717, 1.165) is 41.1 Å². The monoisotopic (exact) mass is 334 g/mol. The fourth-order valence-electron chi connectivity index (χ4n) is 2.82. The third-order valence-electron chi connectivity index (χ3n) is 3.95. The van der Waals surface area contributed by atoms with Gasteiger partial charge in [0.2, 0.25) is 5.91 Å². The number of furan rings is 1. The summed E-state index contributed by atoms with van der Waals surface area (Å²) in [5.74, 6) is 4.54. The smallest absolute Gasteiger partial charge is 0.239 e. The summed E-state index contributed by atoms with van der Waals surface area (Å²) in [6.45, 7) is 5.09. The largest absolute Gasteiger partial charge is 0.465 e. The summed E-state index contributed by atoms with van der Waals surface area (Å²) in [5.41, 5.74) is 0.890. The van der Waals surface area contributed by atoms with Crippen LogP contribution in [0.1, 0.15) is 23.3 Å². The first-order valence-corrected chi connectivity index (χ1v) is 8.87. The van der Waals surface area contributed by atoms with Gasteiger partial charge in [0, 0.05) is 31.2 Å². The molecular formula is C16H22N4O2S. The fraction of sp³-hybridized carbons (Fsp3) is 0.500. The maximum absolute atomic E-state index is 12.4. The number of amides is 1. The molecule has 0 saturated carbocycles. The first kappa shape index (κ1) is 16.1. The van der Waals surface area contributed by atoms with Crippen LogP contribution in [0.3, 0.4) is 0 Å². The zero-order valence-corrected chi connectivity index (χ0v) is 14.5. The van der Waals surface area contributed by atoms with Crippen LogP contribution in [-0.4, -0.2) is 45.2 Å². The van der Waals surface area contributed by atoms with Crippen molar-refractivity contribution in [3.8, 4) is 0 Å². The summed E-state index contributed by atoms with van der Waals surface area (Å²) < 4.78 is 7.46. The SMILES string of the molecule is Cc1cc(NC(=O)CN2CCSC[C@@H]2c2ccc(C)o2)n(C)n1. The molecule has 0 aliphatic carbocycles. The van der Waals surface area contributed by atoms with Gasteiger partial charge in [0.15, 0.2) is 0 Å². The minimum atomic E-state index is -0.0202. The highest BCUT2D eigenvalue weighted by Crippen LogP contribution is 2.30. The number of hydrogen-bond acceptors (Lipinski definition) is 5. The Labute approximate surface area is 140 Å². The van der Waals surface area contributed by atoms with Crippen molar-refractivity contribution in [2.24, 2.45) is 7.05 Å². The molecule has 23 heavy (non-hydrogen) atoms. The van der Waals surface area contributed by atoms with Crippen molar-refractivity contribution in [2.75, 3.05) is 29.9 Å². The molecule has 1 saturated heterocycles. The van der Waals surface area contributed by atoms with Crippen LogP contribution in [0.4, 0.5) is 5.82 Å². The van der Waals surface area contributed by atoms with Crippen LogP contribution in [0.5, 0.6) is 0 Å². The summed E-state index contributed by atoms with van der Waals surface area (Å²) in [7, 11) is 1.83. The molecule has 1 N–H and O–H groups in total. The second-order valence-electron chi connectivity index (χ2n) is 5.85. The Bertz CT molecular complexity index is 694. The van der Waals surface area contributed by atoms with Crippen LogP contribution < -0.4 is 5.32 Å². The highest BCUT2D eigenvalue weighted by Gasteiger charge is 2.28. The van der Waals surface area contributed by atoms with E-state index in [1.54, 1.807) is 4.68 Å². The molecule has 0 radical (unpaired) electrons. The molecule has 0 spiro atoms.